The molecule has 5 nitrogen and oxygen atoms in total. The lowest BCUT2D eigenvalue weighted by atomic mass is 9.92. The summed E-state index contributed by atoms with van der Waals surface area (Å²) in [6.45, 7) is 0.963. The molecule has 1 aliphatic rings. The maximum Gasteiger partial charge on any atom is 0.434 e. The summed E-state index contributed by atoms with van der Waals surface area (Å²) in [6.07, 6.45) is -3.31. The molecule has 3 heterocycles. The highest BCUT2D eigenvalue weighted by molar-refractivity contribution is 7.13. The number of nitrogens with one attached hydrogen (secondary N) is 1. The molecule has 0 saturated heterocycles. The van der Waals surface area contributed by atoms with Gasteiger partial charge in [-0.05, 0) is 47.9 Å². The monoisotopic (exact) mass is 507 g/mol. The molecule has 0 saturated carbocycles. The number of halogens is 4. The van der Waals surface area contributed by atoms with Crippen LogP contribution in [0.5, 0.6) is 5.75 Å². The number of H-pyrrole nitrogens is 1. The Morgan fingerprint density at radius 3 is 2.71 bits per heavy atom. The molecule has 4 aromatic rings. The molecule has 0 fully saturated rings. The van der Waals surface area contributed by atoms with E-state index in [1.54, 1.807) is 0 Å². The quantitative estimate of drug-likeness (QED) is 0.305. The molecule has 0 radical (unpaired) electrons. The van der Waals surface area contributed by atoms with Gasteiger partial charge >= 0.3 is 6.18 Å². The maximum atomic E-state index is 13.3. The van der Waals surface area contributed by atoms with Crippen molar-refractivity contribution >= 4 is 39.0 Å². The Balaban J connectivity index is 1.57. The van der Waals surface area contributed by atoms with E-state index in [1.165, 1.54) is 0 Å². The number of aliphatic hydroxyl groups excluding tert-OH is 1. The van der Waals surface area contributed by atoms with Gasteiger partial charge < -0.3 is 19.7 Å². The number of hydrogen-bond donors (Lipinski definition) is 2. The molecule has 1 atom stereocenters. The van der Waals surface area contributed by atoms with Crippen LogP contribution in [0.2, 0.25) is 5.02 Å². The minimum Gasteiger partial charge on any atom is -0.494 e. The summed E-state index contributed by atoms with van der Waals surface area (Å²) in [4.78, 5) is 9.32. The predicted molar refractivity (Wildman–Crippen MR) is 127 cm³/mol. The van der Waals surface area contributed by atoms with E-state index in [0.717, 1.165) is 44.4 Å². The van der Waals surface area contributed by atoms with Crippen molar-refractivity contribution in [3.05, 3.63) is 75.4 Å². The van der Waals surface area contributed by atoms with Crippen LogP contribution in [-0.2, 0) is 12.6 Å². The third-order valence-electron chi connectivity index (χ3n) is 5.88. The maximum absolute atomic E-state index is 13.3. The Labute approximate surface area is 202 Å². The molecule has 5 rings (SSSR count). The fourth-order valence-corrected chi connectivity index (χ4v) is 5.40. The molecule has 10 heteroatoms. The minimum absolute atomic E-state index is 0.0516. The van der Waals surface area contributed by atoms with Crippen LogP contribution in [0.3, 0.4) is 0 Å². The van der Waals surface area contributed by atoms with Gasteiger partial charge in [0.05, 0.1) is 12.6 Å². The van der Waals surface area contributed by atoms with E-state index < -0.39 is 11.9 Å². The number of benzene rings is 2. The molecule has 0 amide bonds. The van der Waals surface area contributed by atoms with Gasteiger partial charge in [0.1, 0.15) is 5.75 Å². The normalized spacial score (nSPS) is 16.1. The number of alkyl halides is 3. The summed E-state index contributed by atoms with van der Waals surface area (Å²) >= 11 is 7.24. The molecule has 0 unspecified atom stereocenters. The summed E-state index contributed by atoms with van der Waals surface area (Å²) < 4.78 is 45.4. The Hall–Kier alpha value is -2.75. The number of aromatic nitrogens is 2. The van der Waals surface area contributed by atoms with Crippen LogP contribution in [0, 0.1) is 0 Å². The fraction of sp³-hybridized carbons (Fsp3) is 0.292. The molecule has 0 aliphatic carbocycles. The largest absolute Gasteiger partial charge is 0.494 e. The molecular weight excluding hydrogens is 487 g/mol. The number of hydrogen-bond acceptors (Lipinski definition) is 5. The highest BCUT2D eigenvalue weighted by Gasteiger charge is 2.37. The van der Waals surface area contributed by atoms with E-state index >= 15 is 0 Å². The third kappa shape index (κ3) is 4.35. The Morgan fingerprint density at radius 1 is 1.21 bits per heavy atom. The molecule has 0 bridgehead atoms. The lowest BCUT2D eigenvalue weighted by Gasteiger charge is -2.36. The van der Waals surface area contributed by atoms with Crippen LogP contribution in [0.1, 0.15) is 35.0 Å². The fourth-order valence-electron chi connectivity index (χ4n) is 4.34. The summed E-state index contributed by atoms with van der Waals surface area (Å²) in [5.41, 5.74) is 2.97. The van der Waals surface area contributed by atoms with Crippen LogP contribution < -0.4 is 9.64 Å². The van der Waals surface area contributed by atoms with Crippen LogP contribution in [0.25, 0.3) is 10.9 Å². The lowest BCUT2D eigenvalue weighted by Crippen LogP contribution is -2.36. The van der Waals surface area contributed by atoms with Gasteiger partial charge in [-0.3, -0.25) is 0 Å². The zero-order chi connectivity index (χ0) is 23.9. The van der Waals surface area contributed by atoms with Crippen molar-refractivity contribution in [2.45, 2.75) is 25.1 Å². The number of fused-ring (bicyclic) bond motifs is 3. The number of aromatic amines is 1. The summed E-state index contributed by atoms with van der Waals surface area (Å²) in [6, 6.07) is 12.8. The number of ether oxygens (including phenoxy) is 1. The van der Waals surface area contributed by atoms with Gasteiger partial charge in [0, 0.05) is 46.6 Å². The van der Waals surface area contributed by atoms with Crippen LogP contribution >= 0.6 is 22.9 Å². The lowest BCUT2D eigenvalue weighted by molar-refractivity contribution is -0.140. The standard InChI is InChI=1S/C24H21ClF3N3O2S/c25-15-4-7-19-18(12-15)17-8-9-31(23-30-20(13-34-23)24(26,27)28)22(21(17)29-19)14-2-5-16(6-3-14)33-11-1-10-32/h2-7,12-13,22,29,32H,1,8-11H2/t22-/m0/s1. The molecule has 178 valence electrons. The second-order valence-electron chi connectivity index (χ2n) is 8.06. The van der Waals surface area contributed by atoms with E-state index in [9.17, 15) is 13.2 Å². The first kappa shape index (κ1) is 23.0. The number of aliphatic hydroxyl groups is 1. The average molecular weight is 508 g/mol. The van der Waals surface area contributed by atoms with Gasteiger partial charge in [-0.1, -0.05) is 23.7 Å². The van der Waals surface area contributed by atoms with E-state index in [2.05, 4.69) is 9.97 Å². The molecule has 0 spiro atoms. The zero-order valence-electron chi connectivity index (χ0n) is 17.9. The molecule has 2 aromatic heterocycles. The Kier molecular flexibility index (Phi) is 6.18. The smallest absolute Gasteiger partial charge is 0.434 e. The summed E-state index contributed by atoms with van der Waals surface area (Å²) in [5.74, 6) is 0.664. The Morgan fingerprint density at radius 2 is 2.00 bits per heavy atom. The van der Waals surface area contributed by atoms with Gasteiger partial charge in [-0.2, -0.15) is 13.2 Å². The van der Waals surface area contributed by atoms with Crippen molar-refractivity contribution in [1.82, 2.24) is 9.97 Å². The zero-order valence-corrected chi connectivity index (χ0v) is 19.5. The van der Waals surface area contributed by atoms with E-state index in [0.29, 0.717) is 41.9 Å². The number of nitrogens with zero attached hydrogens (tertiary/aromatic N) is 2. The number of thiazole rings is 1. The predicted octanol–water partition coefficient (Wildman–Crippen LogP) is 6.21. The highest BCUT2D eigenvalue weighted by Crippen LogP contribution is 2.43. The van der Waals surface area contributed by atoms with E-state index in [-0.39, 0.29) is 12.6 Å². The van der Waals surface area contributed by atoms with Crippen molar-refractivity contribution in [2.24, 2.45) is 0 Å². The van der Waals surface area contributed by atoms with Gasteiger partial charge in [0.25, 0.3) is 0 Å². The van der Waals surface area contributed by atoms with Crippen molar-refractivity contribution in [3.8, 4) is 5.75 Å². The van der Waals surface area contributed by atoms with Gasteiger partial charge in [0.2, 0.25) is 0 Å². The molecule has 1 aliphatic heterocycles. The number of rotatable bonds is 6. The Bertz CT molecular complexity index is 1300. The molecule has 2 aromatic carbocycles. The minimum atomic E-state index is -4.49. The van der Waals surface area contributed by atoms with Crippen LogP contribution in [0.15, 0.2) is 47.8 Å². The van der Waals surface area contributed by atoms with Crippen molar-refractivity contribution in [3.63, 3.8) is 0 Å². The SMILES string of the molecule is OCCCOc1ccc([C@H]2c3[nH]c4ccc(Cl)cc4c3CCN2c2nc(C(F)(F)F)cs2)cc1. The number of anilines is 1. The van der Waals surface area contributed by atoms with E-state index in [4.69, 9.17) is 21.4 Å². The average Bonchev–Trinajstić information content (AvgIpc) is 3.44. The van der Waals surface area contributed by atoms with E-state index in [1.807, 2.05) is 47.4 Å². The molecular formula is C24H21ClF3N3O2S. The summed E-state index contributed by atoms with van der Waals surface area (Å²) in [7, 11) is 0. The highest BCUT2D eigenvalue weighted by atomic mass is 35.5. The third-order valence-corrected chi connectivity index (χ3v) is 7.00. The van der Waals surface area contributed by atoms with Crippen LogP contribution in [-0.4, -0.2) is 34.8 Å². The first-order chi connectivity index (χ1) is 16.3. The summed E-state index contributed by atoms with van der Waals surface area (Å²) in [5, 5.41) is 12.0. The van der Waals surface area contributed by atoms with Crippen molar-refractivity contribution in [2.75, 3.05) is 24.7 Å². The van der Waals surface area contributed by atoms with Crippen molar-refractivity contribution < 1.29 is 23.0 Å². The first-order valence-electron chi connectivity index (χ1n) is 10.8. The molecule has 2 N–H and O–H groups in total. The van der Waals surface area contributed by atoms with Crippen molar-refractivity contribution in [1.29, 1.82) is 0 Å². The first-order valence-corrected chi connectivity index (χ1v) is 12.0. The van der Waals surface area contributed by atoms with Gasteiger partial charge in [0.15, 0.2) is 10.8 Å². The second kappa shape index (κ2) is 9.13. The molecule has 34 heavy (non-hydrogen) atoms. The van der Waals surface area contributed by atoms with Crippen LogP contribution in [0.4, 0.5) is 18.3 Å². The topological polar surface area (TPSA) is 61.4 Å². The van der Waals surface area contributed by atoms with Gasteiger partial charge in [-0.25, -0.2) is 4.98 Å². The second-order valence-corrected chi connectivity index (χ2v) is 9.33. The van der Waals surface area contributed by atoms with Gasteiger partial charge in [-0.15, -0.1) is 11.3 Å².